The molecule has 0 heterocycles. The molecule has 0 fully saturated rings. The molecule has 0 spiro atoms. The molecular formula is C19H16O2Se2. The molecule has 116 valence electrons. The summed E-state index contributed by atoms with van der Waals surface area (Å²) >= 11 is 0.237. The summed E-state index contributed by atoms with van der Waals surface area (Å²) < 4.78 is 10.2. The van der Waals surface area contributed by atoms with Gasteiger partial charge in [0.1, 0.15) is 0 Å². The summed E-state index contributed by atoms with van der Waals surface area (Å²) in [6.45, 7) is 0. The van der Waals surface area contributed by atoms with Crippen molar-refractivity contribution in [3.05, 3.63) is 72.8 Å². The van der Waals surface area contributed by atoms with Crippen LogP contribution in [0.25, 0.3) is 0 Å². The molecule has 0 radical (unpaired) electrons. The van der Waals surface area contributed by atoms with Crippen LogP contribution in [0.15, 0.2) is 72.8 Å². The van der Waals surface area contributed by atoms with Crippen LogP contribution in [0.5, 0.6) is 11.5 Å². The van der Waals surface area contributed by atoms with Crippen molar-refractivity contribution >= 4 is 47.8 Å². The van der Waals surface area contributed by atoms with Crippen molar-refractivity contribution in [2.24, 2.45) is 0 Å². The van der Waals surface area contributed by atoms with E-state index in [1.807, 2.05) is 24.3 Å². The molecule has 0 saturated heterocycles. The van der Waals surface area contributed by atoms with E-state index >= 15 is 0 Å². The Kier molecular flexibility index (Phi) is 5.42. The number of hydrogen-bond donors (Lipinski definition) is 1. The predicted molar refractivity (Wildman–Crippen MR) is 97.6 cm³/mol. The van der Waals surface area contributed by atoms with Gasteiger partial charge in [-0.2, -0.15) is 0 Å². The van der Waals surface area contributed by atoms with Gasteiger partial charge in [0.05, 0.1) is 0 Å². The fourth-order valence-electron chi connectivity index (χ4n) is 2.08. The van der Waals surface area contributed by atoms with Gasteiger partial charge in [-0.3, -0.25) is 0 Å². The molecule has 3 aromatic carbocycles. The molecule has 0 saturated carbocycles. The van der Waals surface area contributed by atoms with E-state index in [9.17, 15) is 5.11 Å². The number of rotatable bonds is 5. The molecule has 0 atom stereocenters. The number of hydrogen-bond acceptors (Lipinski definition) is 2. The zero-order chi connectivity index (χ0) is 16.1. The molecule has 0 aliphatic heterocycles. The van der Waals surface area contributed by atoms with E-state index in [4.69, 9.17) is 4.74 Å². The van der Waals surface area contributed by atoms with Gasteiger partial charge in [0.15, 0.2) is 0 Å². The standard InChI is InChI=1S/C19H16O2Se2/c1-21-17-12-16(20)18(22-14-8-4-2-5-9-14)13-19(17)23-15-10-6-3-7-11-15/h2-13,20H,1H3. The zero-order valence-corrected chi connectivity index (χ0v) is 16.0. The van der Waals surface area contributed by atoms with Gasteiger partial charge >= 0.3 is 149 Å². The van der Waals surface area contributed by atoms with E-state index in [1.54, 1.807) is 13.2 Å². The Labute approximate surface area is 148 Å². The van der Waals surface area contributed by atoms with Crippen LogP contribution in [0, 0.1) is 0 Å². The molecule has 0 amide bonds. The number of ether oxygens (including phenoxy) is 1. The molecule has 3 rings (SSSR count). The third kappa shape index (κ3) is 4.19. The van der Waals surface area contributed by atoms with Crippen molar-refractivity contribution in [3.63, 3.8) is 0 Å². The topological polar surface area (TPSA) is 29.5 Å². The van der Waals surface area contributed by atoms with Crippen molar-refractivity contribution in [1.29, 1.82) is 0 Å². The van der Waals surface area contributed by atoms with Crippen molar-refractivity contribution in [1.82, 2.24) is 0 Å². The van der Waals surface area contributed by atoms with Crippen LogP contribution >= 0.6 is 0 Å². The SMILES string of the molecule is COc1cc(O)c([Se]c2ccccc2)cc1[Se]c1ccccc1. The first-order chi connectivity index (χ1) is 11.3. The van der Waals surface area contributed by atoms with E-state index in [2.05, 4.69) is 42.5 Å². The van der Waals surface area contributed by atoms with Gasteiger partial charge < -0.3 is 0 Å². The molecule has 4 heteroatoms. The molecule has 0 aromatic heterocycles. The quantitative estimate of drug-likeness (QED) is 0.600. The summed E-state index contributed by atoms with van der Waals surface area (Å²) in [6.07, 6.45) is 0. The Morgan fingerprint density at radius 1 is 0.739 bits per heavy atom. The number of phenols is 1. The maximum atomic E-state index is 10.3. The summed E-state index contributed by atoms with van der Waals surface area (Å²) in [5, 5.41) is 10.3. The van der Waals surface area contributed by atoms with Gasteiger partial charge in [0.25, 0.3) is 0 Å². The van der Waals surface area contributed by atoms with E-state index in [-0.39, 0.29) is 29.9 Å². The molecule has 0 aliphatic carbocycles. The molecule has 0 unspecified atom stereocenters. The minimum atomic E-state index is 0.0825. The number of benzene rings is 3. The summed E-state index contributed by atoms with van der Waals surface area (Å²) in [6, 6.07) is 24.5. The molecule has 3 aromatic rings. The third-order valence-electron chi connectivity index (χ3n) is 3.19. The molecule has 0 bridgehead atoms. The van der Waals surface area contributed by atoms with E-state index in [1.165, 1.54) is 8.92 Å². The fraction of sp³-hybridized carbons (Fsp3) is 0.0526. The van der Waals surface area contributed by atoms with Crippen LogP contribution in [0.1, 0.15) is 0 Å². The van der Waals surface area contributed by atoms with Crippen LogP contribution in [-0.4, -0.2) is 42.1 Å². The number of methoxy groups -OCH3 is 1. The third-order valence-corrected chi connectivity index (χ3v) is 7.60. The summed E-state index contributed by atoms with van der Waals surface area (Å²) in [5.74, 6) is 1.08. The second kappa shape index (κ2) is 7.72. The molecule has 1 N–H and O–H groups in total. The number of phenolic OH excluding ortho intramolecular Hbond substituents is 1. The van der Waals surface area contributed by atoms with E-state index in [0.717, 1.165) is 14.7 Å². The predicted octanol–water partition coefficient (Wildman–Crippen LogP) is 0.711. The molecule has 2 nitrogen and oxygen atoms in total. The average Bonchev–Trinajstić information content (AvgIpc) is 2.59. The van der Waals surface area contributed by atoms with Crippen LogP contribution in [0.4, 0.5) is 0 Å². The van der Waals surface area contributed by atoms with E-state index < -0.39 is 0 Å². The Bertz CT molecular complexity index is 774. The molecule has 23 heavy (non-hydrogen) atoms. The van der Waals surface area contributed by atoms with Crippen molar-refractivity contribution < 1.29 is 9.84 Å². The van der Waals surface area contributed by atoms with Gasteiger partial charge in [-0.25, -0.2) is 0 Å². The minimum absolute atomic E-state index is 0.0825. The van der Waals surface area contributed by atoms with Crippen LogP contribution < -0.4 is 22.6 Å². The summed E-state index contributed by atoms with van der Waals surface area (Å²) in [5.41, 5.74) is 0. The Balaban J connectivity index is 1.93. The van der Waals surface area contributed by atoms with Gasteiger partial charge in [0, 0.05) is 0 Å². The van der Waals surface area contributed by atoms with Crippen molar-refractivity contribution in [2.75, 3.05) is 7.11 Å². The van der Waals surface area contributed by atoms with Crippen molar-refractivity contribution in [3.8, 4) is 11.5 Å². The first-order valence-corrected chi connectivity index (χ1v) is 10.6. The van der Waals surface area contributed by atoms with Gasteiger partial charge in [-0.15, -0.1) is 0 Å². The Morgan fingerprint density at radius 2 is 1.26 bits per heavy atom. The zero-order valence-electron chi connectivity index (χ0n) is 12.6. The first kappa shape index (κ1) is 16.2. The first-order valence-electron chi connectivity index (χ1n) is 7.13. The number of aromatic hydroxyl groups is 1. The second-order valence-corrected chi connectivity index (χ2v) is 9.48. The Hall–Kier alpha value is -1.70. The van der Waals surface area contributed by atoms with Crippen LogP contribution in [0.2, 0.25) is 0 Å². The monoisotopic (exact) mass is 436 g/mol. The van der Waals surface area contributed by atoms with Gasteiger partial charge in [-0.1, -0.05) is 0 Å². The molecular weight excluding hydrogens is 418 g/mol. The van der Waals surface area contributed by atoms with E-state index in [0.29, 0.717) is 5.75 Å². The fourth-order valence-corrected chi connectivity index (χ4v) is 6.35. The summed E-state index contributed by atoms with van der Waals surface area (Å²) in [4.78, 5) is 0. The van der Waals surface area contributed by atoms with Gasteiger partial charge in [0.2, 0.25) is 0 Å². The second-order valence-electron chi connectivity index (χ2n) is 4.80. The molecule has 0 aliphatic rings. The van der Waals surface area contributed by atoms with Gasteiger partial charge in [-0.05, 0) is 0 Å². The normalized spacial score (nSPS) is 10.5. The Morgan fingerprint density at radius 3 is 1.78 bits per heavy atom. The average molecular weight is 434 g/mol. The maximum absolute atomic E-state index is 10.3. The van der Waals surface area contributed by atoms with Crippen molar-refractivity contribution in [2.45, 2.75) is 0 Å². The summed E-state index contributed by atoms with van der Waals surface area (Å²) in [7, 11) is 1.65. The van der Waals surface area contributed by atoms with Crippen LogP contribution in [-0.2, 0) is 0 Å². The van der Waals surface area contributed by atoms with Crippen LogP contribution in [0.3, 0.4) is 0 Å².